The highest BCUT2D eigenvalue weighted by molar-refractivity contribution is 7.91. The summed E-state index contributed by atoms with van der Waals surface area (Å²) < 4.78 is 26.7. The van der Waals surface area contributed by atoms with E-state index in [9.17, 15) is 13.2 Å². The number of carbonyl (C=O) groups is 1. The fourth-order valence-corrected chi connectivity index (χ4v) is 4.98. The van der Waals surface area contributed by atoms with Crippen molar-refractivity contribution < 1.29 is 13.2 Å². The fourth-order valence-electron chi connectivity index (χ4n) is 2.31. The Labute approximate surface area is 124 Å². The molecule has 1 atom stereocenters. The topological polar surface area (TPSA) is 66.5 Å². The Morgan fingerprint density at radius 3 is 2.85 bits per heavy atom. The van der Waals surface area contributed by atoms with Gasteiger partial charge in [0.2, 0.25) is 5.91 Å². The van der Waals surface area contributed by atoms with Crippen LogP contribution in [0.2, 0.25) is 0 Å². The standard InChI is InChI=1S/C13H20N2O3S2/c1-10(2)14-13(16)11-5-3-7-15(9-11)20(17,18)12-6-4-8-19-12/h4,6,8,10-11H,3,5,7,9H2,1-2H3,(H,14,16)/t11-/m1/s1. The minimum Gasteiger partial charge on any atom is -0.354 e. The zero-order valence-electron chi connectivity index (χ0n) is 11.7. The lowest BCUT2D eigenvalue weighted by molar-refractivity contribution is -0.126. The molecular formula is C13H20N2O3S2. The van der Waals surface area contributed by atoms with Gasteiger partial charge in [-0.1, -0.05) is 6.07 Å². The van der Waals surface area contributed by atoms with Gasteiger partial charge in [-0.25, -0.2) is 8.42 Å². The lowest BCUT2D eigenvalue weighted by atomic mass is 9.98. The first-order chi connectivity index (χ1) is 9.41. The van der Waals surface area contributed by atoms with Gasteiger partial charge in [0, 0.05) is 19.1 Å². The van der Waals surface area contributed by atoms with Crippen LogP contribution in [0.5, 0.6) is 0 Å². The molecular weight excluding hydrogens is 296 g/mol. The highest BCUT2D eigenvalue weighted by Crippen LogP contribution is 2.26. The fraction of sp³-hybridized carbons (Fsp3) is 0.615. The van der Waals surface area contributed by atoms with Crippen LogP contribution in [-0.4, -0.2) is 37.8 Å². The van der Waals surface area contributed by atoms with Gasteiger partial charge in [0.1, 0.15) is 4.21 Å². The number of carbonyl (C=O) groups excluding carboxylic acids is 1. The van der Waals surface area contributed by atoms with Crippen LogP contribution in [0, 0.1) is 5.92 Å². The molecule has 1 amide bonds. The van der Waals surface area contributed by atoms with Crippen LogP contribution in [0.4, 0.5) is 0 Å². The van der Waals surface area contributed by atoms with Gasteiger partial charge in [-0.05, 0) is 38.1 Å². The number of piperidine rings is 1. The Bertz CT molecular complexity index is 552. The van der Waals surface area contributed by atoms with E-state index in [4.69, 9.17) is 0 Å². The summed E-state index contributed by atoms with van der Waals surface area (Å²) >= 11 is 1.21. The highest BCUT2D eigenvalue weighted by atomic mass is 32.2. The van der Waals surface area contributed by atoms with Crippen molar-refractivity contribution in [2.24, 2.45) is 5.92 Å². The quantitative estimate of drug-likeness (QED) is 0.919. The van der Waals surface area contributed by atoms with Crippen molar-refractivity contribution in [1.29, 1.82) is 0 Å². The normalized spacial score (nSPS) is 21.1. The van der Waals surface area contributed by atoms with E-state index in [1.54, 1.807) is 17.5 Å². The lowest BCUT2D eigenvalue weighted by Gasteiger charge is -2.31. The summed E-state index contributed by atoms with van der Waals surface area (Å²) in [6.07, 6.45) is 1.47. The number of nitrogens with one attached hydrogen (secondary N) is 1. The van der Waals surface area contributed by atoms with Gasteiger partial charge in [0.05, 0.1) is 5.92 Å². The van der Waals surface area contributed by atoms with Crippen LogP contribution in [-0.2, 0) is 14.8 Å². The molecule has 0 aliphatic carbocycles. The summed E-state index contributed by atoms with van der Waals surface area (Å²) in [5, 5.41) is 4.61. The van der Waals surface area contributed by atoms with Crippen molar-refractivity contribution in [3.05, 3.63) is 17.5 Å². The molecule has 20 heavy (non-hydrogen) atoms. The molecule has 1 saturated heterocycles. The Morgan fingerprint density at radius 1 is 1.50 bits per heavy atom. The second kappa shape index (κ2) is 6.24. The molecule has 7 heteroatoms. The Hall–Kier alpha value is -0.920. The van der Waals surface area contributed by atoms with Crippen LogP contribution < -0.4 is 5.32 Å². The van der Waals surface area contributed by atoms with E-state index in [1.165, 1.54) is 15.6 Å². The zero-order valence-corrected chi connectivity index (χ0v) is 13.3. The monoisotopic (exact) mass is 316 g/mol. The van der Waals surface area contributed by atoms with Crippen LogP contribution in [0.25, 0.3) is 0 Å². The second-order valence-corrected chi connectivity index (χ2v) is 8.41. The molecule has 1 aromatic rings. The van der Waals surface area contributed by atoms with Crippen molar-refractivity contribution in [2.75, 3.05) is 13.1 Å². The maximum absolute atomic E-state index is 12.4. The lowest BCUT2D eigenvalue weighted by Crippen LogP contribution is -2.46. The average molecular weight is 316 g/mol. The third-order valence-corrected chi connectivity index (χ3v) is 6.51. The molecule has 2 rings (SSSR count). The first-order valence-electron chi connectivity index (χ1n) is 6.75. The van der Waals surface area contributed by atoms with Crippen molar-refractivity contribution in [3.8, 4) is 0 Å². The molecule has 112 valence electrons. The molecule has 0 unspecified atom stereocenters. The van der Waals surface area contributed by atoms with Gasteiger partial charge in [-0.15, -0.1) is 11.3 Å². The van der Waals surface area contributed by atoms with E-state index in [1.807, 2.05) is 13.8 Å². The van der Waals surface area contributed by atoms with Crippen LogP contribution in [0.3, 0.4) is 0 Å². The minimum atomic E-state index is -3.44. The first-order valence-corrected chi connectivity index (χ1v) is 9.07. The summed E-state index contributed by atoms with van der Waals surface area (Å²) in [5.41, 5.74) is 0. The number of sulfonamides is 1. The first kappa shape index (κ1) is 15.5. The predicted octanol–water partition coefficient (Wildman–Crippen LogP) is 1.67. The van der Waals surface area contributed by atoms with Gasteiger partial charge in [0.15, 0.2) is 0 Å². The van der Waals surface area contributed by atoms with Gasteiger partial charge < -0.3 is 5.32 Å². The molecule has 0 saturated carbocycles. The molecule has 1 aromatic heterocycles. The van der Waals surface area contributed by atoms with Crippen molar-refractivity contribution in [2.45, 2.75) is 36.9 Å². The summed E-state index contributed by atoms with van der Waals surface area (Å²) in [5.74, 6) is -0.299. The third kappa shape index (κ3) is 3.39. The summed E-state index contributed by atoms with van der Waals surface area (Å²) in [4.78, 5) is 12.0. The number of thiophene rings is 1. The van der Waals surface area contributed by atoms with E-state index >= 15 is 0 Å². The molecule has 0 bridgehead atoms. The van der Waals surface area contributed by atoms with E-state index < -0.39 is 10.0 Å². The number of rotatable bonds is 4. The molecule has 0 radical (unpaired) electrons. The maximum atomic E-state index is 12.4. The van der Waals surface area contributed by atoms with E-state index in [0.717, 1.165) is 12.8 Å². The molecule has 1 fully saturated rings. The number of nitrogens with zero attached hydrogens (tertiary/aromatic N) is 1. The largest absolute Gasteiger partial charge is 0.354 e. The smallest absolute Gasteiger partial charge is 0.252 e. The van der Waals surface area contributed by atoms with E-state index in [2.05, 4.69) is 5.32 Å². The van der Waals surface area contributed by atoms with Crippen molar-refractivity contribution in [3.63, 3.8) is 0 Å². The van der Waals surface area contributed by atoms with Crippen LogP contribution >= 0.6 is 11.3 Å². The van der Waals surface area contributed by atoms with Gasteiger partial charge in [-0.3, -0.25) is 4.79 Å². The highest BCUT2D eigenvalue weighted by Gasteiger charge is 2.33. The van der Waals surface area contributed by atoms with Crippen LogP contribution in [0.1, 0.15) is 26.7 Å². The maximum Gasteiger partial charge on any atom is 0.252 e. The van der Waals surface area contributed by atoms with Crippen molar-refractivity contribution >= 4 is 27.3 Å². The average Bonchev–Trinajstić information content (AvgIpc) is 2.92. The molecule has 1 aliphatic heterocycles. The van der Waals surface area contributed by atoms with Crippen LogP contribution in [0.15, 0.2) is 21.7 Å². The molecule has 1 aliphatic rings. The molecule has 0 aromatic carbocycles. The predicted molar refractivity (Wildman–Crippen MR) is 79.1 cm³/mol. The summed E-state index contributed by atoms with van der Waals surface area (Å²) in [6.45, 7) is 4.58. The molecule has 5 nitrogen and oxygen atoms in total. The number of amides is 1. The Balaban J connectivity index is 2.09. The molecule has 0 spiro atoms. The van der Waals surface area contributed by atoms with Gasteiger partial charge in [0.25, 0.3) is 10.0 Å². The summed E-state index contributed by atoms with van der Waals surface area (Å²) in [6, 6.07) is 3.41. The van der Waals surface area contributed by atoms with E-state index in [-0.39, 0.29) is 24.4 Å². The summed E-state index contributed by atoms with van der Waals surface area (Å²) in [7, 11) is -3.44. The molecule has 1 N–H and O–H groups in total. The second-order valence-electron chi connectivity index (χ2n) is 5.30. The molecule has 2 heterocycles. The van der Waals surface area contributed by atoms with Crippen molar-refractivity contribution in [1.82, 2.24) is 9.62 Å². The number of hydrogen-bond donors (Lipinski definition) is 1. The minimum absolute atomic E-state index is 0.0499. The third-order valence-electron chi connectivity index (χ3n) is 3.28. The van der Waals surface area contributed by atoms with E-state index in [0.29, 0.717) is 10.8 Å². The SMILES string of the molecule is CC(C)NC(=O)[C@@H]1CCCN(S(=O)(=O)c2cccs2)C1. The zero-order chi connectivity index (χ0) is 14.8. The Morgan fingerprint density at radius 2 is 2.25 bits per heavy atom. The number of hydrogen-bond acceptors (Lipinski definition) is 4. The van der Waals surface area contributed by atoms with Gasteiger partial charge >= 0.3 is 0 Å². The Kier molecular flexibility index (Phi) is 4.82. The van der Waals surface area contributed by atoms with Gasteiger partial charge in [-0.2, -0.15) is 4.31 Å².